The molecule has 0 aromatic carbocycles. The number of rotatable bonds is 3. The molecule has 0 spiro atoms. The molecule has 0 aliphatic heterocycles. The quantitative estimate of drug-likeness (QED) is 0.613. The highest BCUT2D eigenvalue weighted by atomic mass is 14.6. The minimum atomic E-state index is 0.750. The van der Waals surface area contributed by atoms with Crippen LogP contribution in [0.3, 0.4) is 0 Å². The van der Waals surface area contributed by atoms with Gasteiger partial charge in [0.15, 0.2) is 0 Å². The molecule has 0 nitrogen and oxygen atoms in total. The number of hydrogen-bond donors (Lipinski definition) is 0. The third kappa shape index (κ3) is 1.33. The van der Waals surface area contributed by atoms with Gasteiger partial charge in [0.2, 0.25) is 0 Å². The Morgan fingerprint density at radius 1 is 1.15 bits per heavy atom. The molecule has 2 saturated carbocycles. The molecule has 0 aromatic heterocycles. The van der Waals surface area contributed by atoms with Gasteiger partial charge in [0.05, 0.1) is 0 Å². The highest BCUT2D eigenvalue weighted by molar-refractivity contribution is 5.23. The highest BCUT2D eigenvalue weighted by Crippen LogP contribution is 2.66. The second-order valence-electron chi connectivity index (χ2n) is 5.73. The van der Waals surface area contributed by atoms with Crippen LogP contribution in [0.25, 0.3) is 0 Å². The summed E-state index contributed by atoms with van der Waals surface area (Å²) in [6, 6.07) is 0. The molecule has 1 unspecified atom stereocenters. The van der Waals surface area contributed by atoms with E-state index in [2.05, 4.69) is 27.7 Å². The van der Waals surface area contributed by atoms with Crippen molar-refractivity contribution in [3.8, 4) is 0 Å². The lowest BCUT2D eigenvalue weighted by Crippen LogP contribution is -2.37. The lowest BCUT2D eigenvalue weighted by atomic mass is 9.58. The molecule has 0 bridgehead atoms. The van der Waals surface area contributed by atoms with Crippen molar-refractivity contribution in [2.75, 3.05) is 0 Å². The Bertz CT molecular complexity index is 186. The summed E-state index contributed by atoms with van der Waals surface area (Å²) in [5, 5.41) is 0. The predicted molar refractivity (Wildman–Crippen MR) is 57.3 cm³/mol. The average molecular weight is 179 g/mol. The first kappa shape index (κ1) is 9.55. The van der Waals surface area contributed by atoms with Crippen molar-refractivity contribution in [2.24, 2.45) is 23.2 Å². The second kappa shape index (κ2) is 3.00. The fourth-order valence-corrected chi connectivity index (χ4v) is 3.30. The molecule has 0 amide bonds. The van der Waals surface area contributed by atoms with Gasteiger partial charge in [0.25, 0.3) is 0 Å². The lowest BCUT2D eigenvalue weighted by Gasteiger charge is -2.47. The molecule has 0 saturated heterocycles. The largest absolute Gasteiger partial charge is 0.0622 e. The molecular weight excluding hydrogens is 156 g/mol. The van der Waals surface area contributed by atoms with E-state index >= 15 is 0 Å². The zero-order valence-corrected chi connectivity index (χ0v) is 9.56. The van der Waals surface area contributed by atoms with Crippen LogP contribution < -0.4 is 0 Å². The van der Waals surface area contributed by atoms with E-state index in [9.17, 15) is 0 Å². The molecule has 0 aromatic rings. The van der Waals surface area contributed by atoms with Crippen LogP contribution in [0, 0.1) is 29.1 Å². The van der Waals surface area contributed by atoms with E-state index in [0.29, 0.717) is 0 Å². The van der Waals surface area contributed by atoms with E-state index < -0.39 is 0 Å². The van der Waals surface area contributed by atoms with E-state index in [4.69, 9.17) is 0 Å². The summed E-state index contributed by atoms with van der Waals surface area (Å²) in [4.78, 5) is 0. The van der Waals surface area contributed by atoms with E-state index in [1.165, 1.54) is 25.7 Å². The minimum absolute atomic E-state index is 0.750. The summed E-state index contributed by atoms with van der Waals surface area (Å²) >= 11 is 0. The van der Waals surface area contributed by atoms with Gasteiger partial charge in [-0.2, -0.15) is 0 Å². The second-order valence-corrected chi connectivity index (χ2v) is 5.73. The van der Waals surface area contributed by atoms with Crippen LogP contribution in [-0.2, 0) is 0 Å². The summed E-state index contributed by atoms with van der Waals surface area (Å²) in [5.74, 6) is 4.64. The molecule has 0 N–H and O–H groups in total. The first-order chi connectivity index (χ1) is 6.08. The topological polar surface area (TPSA) is 0 Å². The molecule has 75 valence electrons. The minimum Gasteiger partial charge on any atom is -0.0622 e. The fourth-order valence-electron chi connectivity index (χ4n) is 3.30. The Balaban J connectivity index is 2.00. The van der Waals surface area contributed by atoms with Crippen LogP contribution in [0.2, 0.25) is 0 Å². The third-order valence-electron chi connectivity index (χ3n) is 4.60. The summed E-state index contributed by atoms with van der Waals surface area (Å²) < 4.78 is 0. The van der Waals surface area contributed by atoms with E-state index in [-0.39, 0.29) is 0 Å². The SMILES string of the molecule is CC(C)[C]1CC1C1(C(C)C)CCC1. The highest BCUT2D eigenvalue weighted by Gasteiger charge is 2.57. The smallest absolute Gasteiger partial charge is 0.0176 e. The van der Waals surface area contributed by atoms with Crippen LogP contribution in [0.4, 0.5) is 0 Å². The van der Waals surface area contributed by atoms with Crippen molar-refractivity contribution in [3.63, 3.8) is 0 Å². The Morgan fingerprint density at radius 3 is 2.00 bits per heavy atom. The van der Waals surface area contributed by atoms with E-state index in [1.807, 2.05) is 5.92 Å². The van der Waals surface area contributed by atoms with Gasteiger partial charge < -0.3 is 0 Å². The van der Waals surface area contributed by atoms with Gasteiger partial charge in [-0.25, -0.2) is 0 Å². The molecule has 1 radical (unpaired) electrons. The Kier molecular flexibility index (Phi) is 2.20. The van der Waals surface area contributed by atoms with Gasteiger partial charge in [-0.1, -0.05) is 34.1 Å². The van der Waals surface area contributed by atoms with Gasteiger partial charge in [0.1, 0.15) is 0 Å². The molecule has 0 heteroatoms. The summed E-state index contributed by atoms with van der Waals surface area (Å²) in [5.41, 5.74) is 0.750. The average Bonchev–Trinajstić information content (AvgIpc) is 2.63. The summed E-state index contributed by atoms with van der Waals surface area (Å²) in [6.07, 6.45) is 5.95. The maximum atomic E-state index is 2.43. The zero-order chi connectivity index (χ0) is 9.64. The lowest BCUT2D eigenvalue weighted by molar-refractivity contribution is 0.0417. The van der Waals surface area contributed by atoms with Crippen molar-refractivity contribution < 1.29 is 0 Å². The molecule has 2 aliphatic rings. The molecule has 1 atom stereocenters. The van der Waals surface area contributed by atoms with Crippen molar-refractivity contribution >= 4 is 0 Å². The fraction of sp³-hybridized carbons (Fsp3) is 0.923. The van der Waals surface area contributed by atoms with Gasteiger partial charge in [-0.05, 0) is 48.3 Å². The molecule has 0 heterocycles. The number of hydrogen-bond acceptors (Lipinski definition) is 0. The van der Waals surface area contributed by atoms with Crippen LogP contribution in [0.1, 0.15) is 53.4 Å². The Labute approximate surface area is 83.1 Å². The van der Waals surface area contributed by atoms with E-state index in [1.54, 1.807) is 0 Å². The van der Waals surface area contributed by atoms with E-state index in [0.717, 1.165) is 23.2 Å². The predicted octanol–water partition coefficient (Wildman–Crippen LogP) is 4.06. The molecule has 2 aliphatic carbocycles. The van der Waals surface area contributed by atoms with Crippen LogP contribution in [-0.4, -0.2) is 0 Å². The summed E-state index contributed by atoms with van der Waals surface area (Å²) in [7, 11) is 0. The Morgan fingerprint density at radius 2 is 1.77 bits per heavy atom. The van der Waals surface area contributed by atoms with Crippen LogP contribution in [0.5, 0.6) is 0 Å². The van der Waals surface area contributed by atoms with Crippen molar-refractivity contribution in [2.45, 2.75) is 53.4 Å². The van der Waals surface area contributed by atoms with Crippen molar-refractivity contribution in [1.29, 1.82) is 0 Å². The third-order valence-corrected chi connectivity index (χ3v) is 4.60. The van der Waals surface area contributed by atoms with Gasteiger partial charge in [-0.3, -0.25) is 0 Å². The first-order valence-electron chi connectivity index (χ1n) is 5.93. The maximum Gasteiger partial charge on any atom is -0.0176 e. The molecule has 2 fully saturated rings. The van der Waals surface area contributed by atoms with Gasteiger partial charge in [-0.15, -0.1) is 0 Å². The molecular formula is C13H23. The normalized spacial score (nSPS) is 32.3. The zero-order valence-electron chi connectivity index (χ0n) is 9.56. The first-order valence-corrected chi connectivity index (χ1v) is 5.93. The van der Waals surface area contributed by atoms with Crippen LogP contribution >= 0.6 is 0 Å². The maximum absolute atomic E-state index is 2.43. The van der Waals surface area contributed by atoms with Crippen molar-refractivity contribution in [3.05, 3.63) is 5.92 Å². The van der Waals surface area contributed by atoms with Gasteiger partial charge in [0, 0.05) is 0 Å². The monoisotopic (exact) mass is 179 g/mol. The molecule has 13 heavy (non-hydrogen) atoms. The van der Waals surface area contributed by atoms with Crippen molar-refractivity contribution in [1.82, 2.24) is 0 Å². The summed E-state index contributed by atoms with van der Waals surface area (Å²) in [6.45, 7) is 9.58. The van der Waals surface area contributed by atoms with Crippen LogP contribution in [0.15, 0.2) is 0 Å². The standard InChI is InChI=1S/C13H23/c1-9(2)11-8-12(11)13(10(3)4)6-5-7-13/h9-10,12H,5-8H2,1-4H3. The van der Waals surface area contributed by atoms with Gasteiger partial charge >= 0.3 is 0 Å². The molecule has 2 rings (SSSR count). The Hall–Kier alpha value is 0.